The van der Waals surface area contributed by atoms with Crippen molar-refractivity contribution in [3.63, 3.8) is 0 Å². The molecule has 0 spiro atoms. The fraction of sp³-hybridized carbons (Fsp3) is 1.00. The summed E-state index contributed by atoms with van der Waals surface area (Å²) in [5.74, 6) is 0. The summed E-state index contributed by atoms with van der Waals surface area (Å²) >= 11 is 0. The van der Waals surface area contributed by atoms with Crippen LogP contribution in [-0.2, 0) is 9.47 Å². The van der Waals surface area contributed by atoms with E-state index < -0.39 is 25.2 Å². The lowest BCUT2D eigenvalue weighted by molar-refractivity contribution is -0.439. The first kappa shape index (κ1) is 13.4. The first-order valence-corrected chi connectivity index (χ1v) is 3.08. The van der Waals surface area contributed by atoms with Crippen LogP contribution >= 0.6 is 0 Å². The van der Waals surface area contributed by atoms with Gasteiger partial charge in [0.1, 0.15) is 6.61 Å². The first-order chi connectivity index (χ1) is 5.91. The van der Waals surface area contributed by atoms with Crippen molar-refractivity contribution < 1.29 is 40.2 Å². The molecule has 0 unspecified atom stereocenters. The maximum Gasteiger partial charge on any atom is 0.527 e. The Morgan fingerprint density at radius 1 is 0.929 bits per heavy atom. The Labute approximate surface area is 73.6 Å². The molecule has 0 aromatic carbocycles. The molecule has 0 bridgehead atoms. The second-order valence-corrected chi connectivity index (χ2v) is 2.28. The third-order valence-electron chi connectivity index (χ3n) is 0.759. The van der Waals surface area contributed by atoms with Crippen LogP contribution in [0.5, 0.6) is 0 Å². The van der Waals surface area contributed by atoms with Gasteiger partial charge in [-0.2, -0.15) is 17.6 Å². The summed E-state index contributed by atoms with van der Waals surface area (Å²) in [4.78, 5) is 0. The Morgan fingerprint density at radius 2 is 1.36 bits per heavy atom. The fourth-order valence-corrected chi connectivity index (χ4v) is 0.410. The Kier molecular flexibility index (Phi) is 3.73. The van der Waals surface area contributed by atoms with Crippen LogP contribution in [0.3, 0.4) is 0 Å². The van der Waals surface area contributed by atoms with Crippen LogP contribution in [0.25, 0.3) is 0 Å². The molecule has 86 valence electrons. The fourth-order valence-electron chi connectivity index (χ4n) is 0.410. The summed E-state index contributed by atoms with van der Waals surface area (Å²) in [5, 5.41) is 0. The van der Waals surface area contributed by atoms with Gasteiger partial charge in [-0.15, -0.1) is 13.2 Å². The highest BCUT2D eigenvalue weighted by molar-refractivity contribution is 4.53. The molecule has 0 atom stereocenters. The summed E-state index contributed by atoms with van der Waals surface area (Å²) in [6.07, 6.45) is -14.4. The Balaban J connectivity index is 4.09. The third-order valence-corrected chi connectivity index (χ3v) is 0.759. The minimum Gasteiger partial charge on any atom is -0.311 e. The molecule has 9 heteroatoms. The number of halogens is 7. The second-order valence-electron chi connectivity index (χ2n) is 2.28. The van der Waals surface area contributed by atoms with Crippen molar-refractivity contribution in [2.45, 2.75) is 25.5 Å². The number of hydrogen-bond donors (Lipinski definition) is 0. The van der Waals surface area contributed by atoms with E-state index in [2.05, 4.69) is 9.47 Å². The van der Waals surface area contributed by atoms with Crippen LogP contribution in [0.2, 0.25) is 0 Å². The molecule has 0 amide bonds. The highest BCUT2D eigenvalue weighted by Crippen LogP contribution is 2.29. The topological polar surface area (TPSA) is 18.5 Å². The van der Waals surface area contributed by atoms with Crippen LogP contribution in [0.4, 0.5) is 30.7 Å². The van der Waals surface area contributed by atoms with E-state index in [1.54, 1.807) is 0 Å². The van der Waals surface area contributed by atoms with Crippen LogP contribution in [0, 0.1) is 0 Å². The van der Waals surface area contributed by atoms with Crippen molar-refractivity contribution in [1.82, 2.24) is 0 Å². The number of ether oxygens (including phenoxy) is 2. The van der Waals surface area contributed by atoms with Gasteiger partial charge >= 0.3 is 18.6 Å². The Morgan fingerprint density at radius 3 is 1.64 bits per heavy atom. The lowest BCUT2D eigenvalue weighted by Gasteiger charge is -2.20. The van der Waals surface area contributed by atoms with Crippen molar-refractivity contribution in [1.29, 1.82) is 0 Å². The van der Waals surface area contributed by atoms with Crippen molar-refractivity contribution in [2.75, 3.05) is 6.61 Å². The van der Waals surface area contributed by atoms with E-state index in [4.69, 9.17) is 0 Å². The smallest absolute Gasteiger partial charge is 0.311 e. The summed E-state index contributed by atoms with van der Waals surface area (Å²) in [6, 6.07) is 0. The minimum atomic E-state index is -5.62. The van der Waals surface area contributed by atoms with Crippen LogP contribution in [-0.4, -0.2) is 25.2 Å². The van der Waals surface area contributed by atoms with E-state index in [9.17, 15) is 30.7 Å². The van der Waals surface area contributed by atoms with Gasteiger partial charge in [0.15, 0.2) is 0 Å². The van der Waals surface area contributed by atoms with Crippen molar-refractivity contribution in [3.8, 4) is 0 Å². The monoisotopic (exact) mass is 230 g/mol. The summed E-state index contributed by atoms with van der Waals surface area (Å²) in [5.41, 5.74) is 0. The highest BCUT2D eigenvalue weighted by Gasteiger charge is 2.46. The van der Waals surface area contributed by atoms with Crippen molar-refractivity contribution in [3.05, 3.63) is 0 Å². The van der Waals surface area contributed by atoms with E-state index in [0.717, 1.165) is 0 Å². The van der Waals surface area contributed by atoms with Crippen LogP contribution in [0.1, 0.15) is 6.92 Å². The van der Waals surface area contributed by atoms with Crippen molar-refractivity contribution in [2.24, 2.45) is 0 Å². The van der Waals surface area contributed by atoms with E-state index in [-0.39, 0.29) is 6.92 Å². The van der Waals surface area contributed by atoms with Gasteiger partial charge in [0, 0.05) is 6.92 Å². The molecule has 0 aliphatic heterocycles. The zero-order valence-corrected chi connectivity index (χ0v) is 6.67. The maximum atomic E-state index is 12.0. The molecule has 0 saturated heterocycles. The predicted octanol–water partition coefficient (Wildman–Crippen LogP) is 2.74. The average molecular weight is 230 g/mol. The Bertz CT molecular complexity index is 181. The van der Waals surface area contributed by atoms with Crippen molar-refractivity contribution >= 4 is 0 Å². The number of alkyl halides is 7. The largest absolute Gasteiger partial charge is 0.527 e. The molecule has 2 nitrogen and oxygen atoms in total. The number of rotatable bonds is 4. The molecule has 0 N–H and O–H groups in total. The van der Waals surface area contributed by atoms with E-state index in [1.165, 1.54) is 0 Å². The lowest BCUT2D eigenvalue weighted by Crippen LogP contribution is -2.36. The maximum absolute atomic E-state index is 12.0. The van der Waals surface area contributed by atoms with Gasteiger partial charge in [-0.3, -0.25) is 0 Å². The molecule has 0 saturated carbocycles. The average Bonchev–Trinajstić information content (AvgIpc) is 1.76. The molecule has 0 aromatic rings. The molecule has 0 aliphatic rings. The van der Waals surface area contributed by atoms with Gasteiger partial charge in [-0.25, -0.2) is 4.74 Å². The van der Waals surface area contributed by atoms with Crippen LogP contribution in [0.15, 0.2) is 0 Å². The van der Waals surface area contributed by atoms with Gasteiger partial charge in [-0.05, 0) is 0 Å². The predicted molar refractivity (Wildman–Crippen MR) is 28.7 cm³/mol. The third kappa shape index (κ3) is 8.05. The van der Waals surface area contributed by atoms with Gasteiger partial charge in [-0.1, -0.05) is 0 Å². The minimum absolute atomic E-state index is 0.108. The molecular formula is C5H5F7O2. The SMILES string of the molecule is CC(F)(F)OCC(F)(F)OC(F)(F)F. The van der Waals surface area contributed by atoms with E-state index in [0.29, 0.717) is 0 Å². The molecule has 0 radical (unpaired) electrons. The van der Waals surface area contributed by atoms with Gasteiger partial charge in [0.2, 0.25) is 0 Å². The second kappa shape index (κ2) is 3.89. The molecule has 14 heavy (non-hydrogen) atoms. The molecule has 0 aromatic heterocycles. The van der Waals surface area contributed by atoms with Crippen LogP contribution < -0.4 is 0 Å². The van der Waals surface area contributed by atoms with E-state index >= 15 is 0 Å². The summed E-state index contributed by atoms with van der Waals surface area (Å²) in [6.45, 7) is -2.08. The molecule has 0 rings (SSSR count). The zero-order chi connectivity index (χ0) is 11.6. The van der Waals surface area contributed by atoms with E-state index in [1.807, 2.05) is 0 Å². The summed E-state index contributed by atoms with van der Waals surface area (Å²) in [7, 11) is 0. The highest BCUT2D eigenvalue weighted by atomic mass is 19.4. The molecule has 0 fully saturated rings. The Hall–Kier alpha value is -0.570. The standard InChI is InChI=1S/C5H5F7O2/c1-3(6,7)13-2-4(8,9)14-5(10,11)12/h2H2,1H3. The normalized spacial score (nSPS) is 14.6. The summed E-state index contributed by atoms with van der Waals surface area (Å²) < 4.78 is 86.7. The zero-order valence-electron chi connectivity index (χ0n) is 6.67. The molecular weight excluding hydrogens is 225 g/mol. The first-order valence-electron chi connectivity index (χ1n) is 3.08. The van der Waals surface area contributed by atoms with Gasteiger partial charge in [0.25, 0.3) is 0 Å². The van der Waals surface area contributed by atoms with Gasteiger partial charge < -0.3 is 4.74 Å². The lowest BCUT2D eigenvalue weighted by atomic mass is 10.6. The van der Waals surface area contributed by atoms with Gasteiger partial charge in [0.05, 0.1) is 0 Å². The molecule has 0 aliphatic carbocycles. The quantitative estimate of drug-likeness (QED) is 0.691. The number of hydrogen-bond acceptors (Lipinski definition) is 2. The molecule has 0 heterocycles.